The number of ether oxygens (including phenoxy) is 1. The van der Waals surface area contributed by atoms with Crippen molar-refractivity contribution >= 4 is 5.91 Å². The van der Waals surface area contributed by atoms with E-state index in [-0.39, 0.29) is 5.91 Å². The molecule has 2 rings (SSSR count). The lowest BCUT2D eigenvalue weighted by atomic mass is 10.1. The molecule has 0 spiro atoms. The van der Waals surface area contributed by atoms with Gasteiger partial charge in [0, 0.05) is 32.5 Å². The smallest absolute Gasteiger partial charge is 0.221 e. The summed E-state index contributed by atoms with van der Waals surface area (Å²) < 4.78 is 5.47. The van der Waals surface area contributed by atoms with Crippen molar-refractivity contribution in [2.24, 2.45) is 0 Å². The van der Waals surface area contributed by atoms with Gasteiger partial charge in [0.05, 0.1) is 6.61 Å². The molecule has 0 saturated carbocycles. The topological polar surface area (TPSA) is 50.4 Å². The van der Waals surface area contributed by atoms with Crippen molar-refractivity contribution in [1.29, 1.82) is 0 Å². The van der Waals surface area contributed by atoms with Crippen molar-refractivity contribution in [3.8, 4) is 5.75 Å². The average molecular weight is 262 g/mol. The zero-order valence-corrected chi connectivity index (χ0v) is 11.5. The Morgan fingerprint density at radius 2 is 2.26 bits per heavy atom. The number of amides is 1. The Bertz CT molecular complexity index is 432. The summed E-state index contributed by atoms with van der Waals surface area (Å²) >= 11 is 0. The molecule has 0 aromatic heterocycles. The fraction of sp³-hybridized carbons (Fsp3) is 0.533. The molecule has 19 heavy (non-hydrogen) atoms. The lowest BCUT2D eigenvalue weighted by Crippen LogP contribution is -2.28. The zero-order chi connectivity index (χ0) is 13.5. The van der Waals surface area contributed by atoms with Crippen molar-refractivity contribution in [3.05, 3.63) is 29.3 Å². The molecule has 104 valence electrons. The maximum atomic E-state index is 11.4. The fourth-order valence-electron chi connectivity index (χ4n) is 2.14. The van der Waals surface area contributed by atoms with Gasteiger partial charge in [0.2, 0.25) is 5.91 Å². The van der Waals surface area contributed by atoms with E-state index in [9.17, 15) is 4.79 Å². The maximum Gasteiger partial charge on any atom is 0.221 e. The summed E-state index contributed by atoms with van der Waals surface area (Å²) in [4.78, 5) is 11.4. The molecule has 0 aliphatic carbocycles. The van der Waals surface area contributed by atoms with Gasteiger partial charge in [-0.25, -0.2) is 0 Å². The van der Waals surface area contributed by atoms with Crippen LogP contribution in [0.5, 0.6) is 5.75 Å². The van der Waals surface area contributed by atoms with Crippen LogP contribution in [0.3, 0.4) is 0 Å². The molecule has 4 nitrogen and oxygen atoms in total. The van der Waals surface area contributed by atoms with E-state index in [0.717, 1.165) is 38.3 Å². The van der Waals surface area contributed by atoms with Crippen molar-refractivity contribution in [3.63, 3.8) is 0 Å². The van der Waals surface area contributed by atoms with Crippen LogP contribution in [-0.4, -0.2) is 25.6 Å². The molecular formula is C15H22N2O2. The summed E-state index contributed by atoms with van der Waals surface area (Å²) in [6.07, 6.45) is 2.52. The highest BCUT2D eigenvalue weighted by molar-refractivity contribution is 5.75. The highest BCUT2D eigenvalue weighted by Crippen LogP contribution is 2.25. The molecule has 0 bridgehead atoms. The summed E-state index contributed by atoms with van der Waals surface area (Å²) in [5.74, 6) is 1.14. The number of hydrogen-bond donors (Lipinski definition) is 2. The van der Waals surface area contributed by atoms with Gasteiger partial charge in [-0.15, -0.1) is 0 Å². The molecule has 0 saturated heterocycles. The first-order chi connectivity index (χ1) is 9.29. The zero-order valence-electron chi connectivity index (χ0n) is 11.5. The third kappa shape index (κ3) is 4.24. The highest BCUT2D eigenvalue weighted by atomic mass is 16.5. The monoisotopic (exact) mass is 262 g/mol. The van der Waals surface area contributed by atoms with E-state index in [4.69, 9.17) is 4.74 Å². The number of carbonyl (C=O) groups excluding carboxylic acids is 1. The lowest BCUT2D eigenvalue weighted by molar-refractivity contribution is -0.120. The van der Waals surface area contributed by atoms with E-state index >= 15 is 0 Å². The number of nitrogens with one attached hydrogen (secondary N) is 2. The van der Waals surface area contributed by atoms with Crippen LogP contribution < -0.4 is 15.4 Å². The predicted octanol–water partition coefficient (Wildman–Crippen LogP) is 1.63. The third-order valence-electron chi connectivity index (χ3n) is 3.18. The van der Waals surface area contributed by atoms with E-state index in [0.29, 0.717) is 13.0 Å². The lowest BCUT2D eigenvalue weighted by Gasteiger charge is -2.07. The molecule has 1 aromatic rings. The molecule has 1 aromatic carbocycles. The Kier molecular flexibility index (Phi) is 5.21. The fourth-order valence-corrected chi connectivity index (χ4v) is 2.14. The first-order valence-corrected chi connectivity index (χ1v) is 7.01. The van der Waals surface area contributed by atoms with Gasteiger partial charge in [-0.3, -0.25) is 4.79 Å². The molecule has 0 radical (unpaired) electrons. The van der Waals surface area contributed by atoms with Crippen LogP contribution in [0.25, 0.3) is 0 Å². The normalized spacial score (nSPS) is 12.9. The van der Waals surface area contributed by atoms with Crippen molar-refractivity contribution in [2.75, 3.05) is 19.7 Å². The van der Waals surface area contributed by atoms with E-state index < -0.39 is 0 Å². The van der Waals surface area contributed by atoms with Gasteiger partial charge < -0.3 is 15.4 Å². The van der Waals surface area contributed by atoms with Gasteiger partial charge >= 0.3 is 0 Å². The first-order valence-electron chi connectivity index (χ1n) is 7.01. The molecule has 0 fully saturated rings. The van der Waals surface area contributed by atoms with Gasteiger partial charge in [-0.2, -0.15) is 0 Å². The molecule has 0 unspecified atom stereocenters. The Morgan fingerprint density at radius 3 is 3.11 bits per heavy atom. The van der Waals surface area contributed by atoms with Crippen LogP contribution in [0.1, 0.15) is 30.9 Å². The number of rotatable bonds is 7. The standard InChI is InChI=1S/C15H22N2O2/c1-2-7-17-15(18)5-8-16-11-12-3-4-14-13(10-12)6-9-19-14/h3-4,10,16H,2,5-9,11H2,1H3,(H,17,18). The number of hydrogen-bond acceptors (Lipinski definition) is 3. The summed E-state index contributed by atoms with van der Waals surface area (Å²) in [7, 11) is 0. The molecule has 2 N–H and O–H groups in total. The quantitative estimate of drug-likeness (QED) is 0.734. The molecule has 1 amide bonds. The highest BCUT2D eigenvalue weighted by Gasteiger charge is 2.11. The number of carbonyl (C=O) groups is 1. The van der Waals surface area contributed by atoms with E-state index in [1.54, 1.807) is 0 Å². The van der Waals surface area contributed by atoms with Gasteiger partial charge in [-0.05, 0) is 23.6 Å². The molecule has 0 atom stereocenters. The molecular weight excluding hydrogens is 240 g/mol. The first kappa shape index (κ1) is 13.9. The van der Waals surface area contributed by atoms with Crippen LogP contribution in [-0.2, 0) is 17.8 Å². The van der Waals surface area contributed by atoms with Crippen molar-refractivity contribution in [2.45, 2.75) is 32.7 Å². The minimum Gasteiger partial charge on any atom is -0.493 e. The van der Waals surface area contributed by atoms with E-state index in [2.05, 4.69) is 29.7 Å². The van der Waals surface area contributed by atoms with Gasteiger partial charge in [0.1, 0.15) is 5.75 Å². The second-order valence-electron chi connectivity index (χ2n) is 4.82. The van der Waals surface area contributed by atoms with Gasteiger partial charge in [0.15, 0.2) is 0 Å². The maximum absolute atomic E-state index is 11.4. The molecule has 1 aliphatic rings. The minimum absolute atomic E-state index is 0.122. The number of fused-ring (bicyclic) bond motifs is 1. The summed E-state index contributed by atoms with van der Waals surface area (Å²) in [6, 6.07) is 6.30. The van der Waals surface area contributed by atoms with Gasteiger partial charge in [0.25, 0.3) is 0 Å². The molecule has 1 heterocycles. The van der Waals surface area contributed by atoms with Crippen LogP contribution in [0.4, 0.5) is 0 Å². The van der Waals surface area contributed by atoms with Gasteiger partial charge in [-0.1, -0.05) is 19.1 Å². The SMILES string of the molecule is CCCNC(=O)CCNCc1ccc2c(c1)CCO2. The molecule has 1 aliphatic heterocycles. The van der Waals surface area contributed by atoms with E-state index in [1.807, 2.05) is 6.07 Å². The minimum atomic E-state index is 0.122. The van der Waals surface area contributed by atoms with Crippen LogP contribution in [0, 0.1) is 0 Å². The summed E-state index contributed by atoms with van der Waals surface area (Å²) in [5, 5.41) is 6.17. The summed E-state index contributed by atoms with van der Waals surface area (Å²) in [6.45, 7) is 5.13. The largest absolute Gasteiger partial charge is 0.493 e. The summed E-state index contributed by atoms with van der Waals surface area (Å²) in [5.41, 5.74) is 2.54. The predicted molar refractivity (Wildman–Crippen MR) is 75.3 cm³/mol. The molecule has 4 heteroatoms. The Hall–Kier alpha value is -1.55. The number of benzene rings is 1. The van der Waals surface area contributed by atoms with E-state index in [1.165, 1.54) is 11.1 Å². The van der Waals surface area contributed by atoms with Crippen molar-refractivity contribution in [1.82, 2.24) is 10.6 Å². The third-order valence-corrected chi connectivity index (χ3v) is 3.18. The Morgan fingerprint density at radius 1 is 1.37 bits per heavy atom. The Balaban J connectivity index is 1.67. The second-order valence-corrected chi connectivity index (χ2v) is 4.82. The second kappa shape index (κ2) is 7.14. The van der Waals surface area contributed by atoms with Crippen LogP contribution >= 0.6 is 0 Å². The Labute approximate surface area is 114 Å². The van der Waals surface area contributed by atoms with Crippen LogP contribution in [0.2, 0.25) is 0 Å². The average Bonchev–Trinajstić information content (AvgIpc) is 2.88. The van der Waals surface area contributed by atoms with Crippen LogP contribution in [0.15, 0.2) is 18.2 Å². The van der Waals surface area contributed by atoms with Crippen molar-refractivity contribution < 1.29 is 9.53 Å².